The fourth-order valence-corrected chi connectivity index (χ4v) is 3.89. The minimum atomic E-state index is -0.624. The second-order valence-electron chi connectivity index (χ2n) is 6.13. The van der Waals surface area contributed by atoms with Crippen LogP contribution >= 0.6 is 0 Å². The van der Waals surface area contributed by atoms with E-state index in [4.69, 9.17) is 4.74 Å². The van der Waals surface area contributed by atoms with Crippen molar-refractivity contribution in [3.05, 3.63) is 34.9 Å². The molecular weight excluding hydrogens is 252 g/mol. The predicted octanol–water partition coefficient (Wildman–Crippen LogP) is 3.05. The number of rotatable bonds is 2. The number of aryl methyl sites for hydroxylation is 1. The third-order valence-corrected chi connectivity index (χ3v) is 4.74. The van der Waals surface area contributed by atoms with Crippen LogP contribution in [0, 0.1) is 5.92 Å². The van der Waals surface area contributed by atoms with E-state index >= 15 is 0 Å². The van der Waals surface area contributed by atoms with Gasteiger partial charge in [-0.2, -0.15) is 0 Å². The number of Topliss-reactive ketones (excluding diaryl/α,β-unsaturated/α-hetero) is 1. The molecule has 20 heavy (non-hydrogen) atoms. The van der Waals surface area contributed by atoms with Crippen LogP contribution in [0.15, 0.2) is 18.2 Å². The molecule has 0 radical (unpaired) electrons. The van der Waals surface area contributed by atoms with Crippen molar-refractivity contribution in [2.24, 2.45) is 5.92 Å². The Hall–Kier alpha value is -1.64. The molecule has 2 unspecified atom stereocenters. The summed E-state index contributed by atoms with van der Waals surface area (Å²) in [6, 6.07) is 5.93. The lowest BCUT2D eigenvalue weighted by Gasteiger charge is -2.42. The predicted molar refractivity (Wildman–Crippen MR) is 75.8 cm³/mol. The summed E-state index contributed by atoms with van der Waals surface area (Å²) in [6.45, 7) is 4.29. The largest absolute Gasteiger partial charge is 0.465 e. The molecule has 3 heteroatoms. The first-order chi connectivity index (χ1) is 9.57. The van der Waals surface area contributed by atoms with Gasteiger partial charge in [-0.25, -0.2) is 0 Å². The summed E-state index contributed by atoms with van der Waals surface area (Å²) in [5.74, 6) is -1.04. The minimum absolute atomic E-state index is 0.0559. The lowest BCUT2D eigenvalue weighted by Crippen LogP contribution is -2.42. The van der Waals surface area contributed by atoms with Crippen molar-refractivity contribution in [2.45, 2.75) is 44.9 Å². The molecule has 2 aliphatic carbocycles. The van der Waals surface area contributed by atoms with E-state index in [9.17, 15) is 9.59 Å². The maximum Gasteiger partial charge on any atom is 0.316 e. The van der Waals surface area contributed by atoms with Crippen LogP contribution in [-0.4, -0.2) is 18.4 Å². The lowest BCUT2D eigenvalue weighted by atomic mass is 9.60. The molecule has 0 saturated carbocycles. The molecule has 2 atom stereocenters. The van der Waals surface area contributed by atoms with E-state index in [0.29, 0.717) is 13.0 Å². The molecule has 0 bridgehead atoms. The molecule has 0 aromatic heterocycles. The first-order valence-corrected chi connectivity index (χ1v) is 7.40. The van der Waals surface area contributed by atoms with Gasteiger partial charge in [-0.15, -0.1) is 0 Å². The monoisotopic (exact) mass is 272 g/mol. The Balaban J connectivity index is 2.09. The van der Waals surface area contributed by atoms with Crippen LogP contribution in [0.25, 0.3) is 0 Å². The maximum absolute atomic E-state index is 12.6. The highest BCUT2D eigenvalue weighted by Crippen LogP contribution is 2.47. The smallest absolute Gasteiger partial charge is 0.316 e. The molecule has 0 heterocycles. The van der Waals surface area contributed by atoms with Crippen molar-refractivity contribution in [1.29, 1.82) is 0 Å². The van der Waals surface area contributed by atoms with Gasteiger partial charge in [-0.1, -0.05) is 25.1 Å². The van der Waals surface area contributed by atoms with Crippen LogP contribution in [0.2, 0.25) is 0 Å². The van der Waals surface area contributed by atoms with Gasteiger partial charge in [-0.05, 0) is 49.1 Å². The zero-order valence-corrected chi connectivity index (χ0v) is 12.1. The molecule has 3 nitrogen and oxygen atoms in total. The number of carbonyl (C=O) groups is 2. The van der Waals surface area contributed by atoms with Gasteiger partial charge < -0.3 is 4.74 Å². The van der Waals surface area contributed by atoms with Gasteiger partial charge >= 0.3 is 5.97 Å². The number of ether oxygens (including phenoxy) is 1. The van der Waals surface area contributed by atoms with Gasteiger partial charge in [0, 0.05) is 5.56 Å². The van der Waals surface area contributed by atoms with E-state index in [0.717, 1.165) is 24.8 Å². The quantitative estimate of drug-likeness (QED) is 0.614. The number of hydrogen-bond donors (Lipinski definition) is 0. The molecule has 106 valence electrons. The highest BCUT2D eigenvalue weighted by molar-refractivity contribution is 6.11. The Morgan fingerprint density at radius 3 is 3.00 bits per heavy atom. The fourth-order valence-electron chi connectivity index (χ4n) is 3.89. The molecule has 0 spiro atoms. The van der Waals surface area contributed by atoms with Gasteiger partial charge in [0.25, 0.3) is 0 Å². The van der Waals surface area contributed by atoms with Gasteiger partial charge in [0.15, 0.2) is 5.78 Å². The molecule has 0 saturated heterocycles. The van der Waals surface area contributed by atoms with Gasteiger partial charge in [-0.3, -0.25) is 9.59 Å². The van der Waals surface area contributed by atoms with Gasteiger partial charge in [0.05, 0.1) is 6.61 Å². The van der Waals surface area contributed by atoms with Crippen LogP contribution in [0.5, 0.6) is 0 Å². The summed E-state index contributed by atoms with van der Waals surface area (Å²) in [7, 11) is 0. The van der Waals surface area contributed by atoms with E-state index < -0.39 is 5.92 Å². The van der Waals surface area contributed by atoms with Crippen LogP contribution in [0.3, 0.4) is 0 Å². The van der Waals surface area contributed by atoms with Gasteiger partial charge in [0.1, 0.15) is 5.92 Å². The van der Waals surface area contributed by atoms with Crippen molar-refractivity contribution in [2.75, 3.05) is 6.61 Å². The number of esters is 1. The summed E-state index contributed by atoms with van der Waals surface area (Å²) < 4.78 is 5.09. The second-order valence-corrected chi connectivity index (χ2v) is 6.13. The highest BCUT2D eigenvalue weighted by atomic mass is 16.5. The van der Waals surface area contributed by atoms with Crippen LogP contribution in [0.4, 0.5) is 0 Å². The Morgan fingerprint density at radius 1 is 1.45 bits per heavy atom. The molecule has 0 aliphatic heterocycles. The Kier molecular flexibility index (Phi) is 3.15. The topological polar surface area (TPSA) is 43.4 Å². The van der Waals surface area contributed by atoms with E-state index in [1.807, 2.05) is 12.1 Å². The van der Waals surface area contributed by atoms with Crippen LogP contribution in [-0.2, 0) is 21.4 Å². The van der Waals surface area contributed by atoms with Crippen molar-refractivity contribution in [3.63, 3.8) is 0 Å². The zero-order valence-electron chi connectivity index (χ0n) is 12.1. The van der Waals surface area contributed by atoms with Crippen LogP contribution in [0.1, 0.15) is 54.6 Å². The van der Waals surface area contributed by atoms with E-state index in [1.54, 1.807) is 6.92 Å². The highest BCUT2D eigenvalue weighted by Gasteiger charge is 2.46. The summed E-state index contributed by atoms with van der Waals surface area (Å²) >= 11 is 0. The molecule has 1 aromatic rings. The standard InChI is InChI=1S/C17H20O3/c1-3-20-16(19)13-10-17(2)9-5-7-11-6-4-8-12(14(11)17)15(13)18/h4,6,8,13H,3,5,7,9-10H2,1-2H3. The third-order valence-electron chi connectivity index (χ3n) is 4.74. The average molecular weight is 272 g/mol. The van der Waals surface area contributed by atoms with Crippen molar-refractivity contribution in [3.8, 4) is 0 Å². The molecule has 0 fully saturated rings. The first-order valence-electron chi connectivity index (χ1n) is 7.40. The lowest BCUT2D eigenvalue weighted by molar-refractivity contribution is -0.147. The summed E-state index contributed by atoms with van der Waals surface area (Å²) in [5, 5.41) is 0. The van der Waals surface area contributed by atoms with Crippen molar-refractivity contribution >= 4 is 11.8 Å². The van der Waals surface area contributed by atoms with E-state index in [2.05, 4.69) is 13.0 Å². The molecule has 0 amide bonds. The van der Waals surface area contributed by atoms with Crippen molar-refractivity contribution in [1.82, 2.24) is 0 Å². The maximum atomic E-state index is 12.6. The summed E-state index contributed by atoms with van der Waals surface area (Å²) in [4.78, 5) is 24.7. The number of benzene rings is 1. The SMILES string of the molecule is CCOC(=O)C1CC2(C)CCCc3cccc(c32)C1=O. The van der Waals surface area contributed by atoms with E-state index in [1.165, 1.54) is 11.1 Å². The van der Waals surface area contributed by atoms with E-state index in [-0.39, 0.29) is 17.2 Å². The number of ketones is 1. The molecule has 0 N–H and O–H groups in total. The Bertz CT molecular complexity index is 576. The molecule has 3 rings (SSSR count). The molecule has 2 aliphatic rings. The molecule has 1 aromatic carbocycles. The molecular formula is C17H20O3. The minimum Gasteiger partial charge on any atom is -0.465 e. The van der Waals surface area contributed by atoms with Gasteiger partial charge in [0.2, 0.25) is 0 Å². The Labute approximate surface area is 119 Å². The fraction of sp³-hybridized carbons (Fsp3) is 0.529. The normalized spacial score (nSPS) is 27.9. The summed E-state index contributed by atoms with van der Waals surface area (Å²) in [5.41, 5.74) is 3.16. The number of carbonyl (C=O) groups excluding carboxylic acids is 2. The second kappa shape index (κ2) is 4.72. The average Bonchev–Trinajstić information content (AvgIpc) is 2.43. The van der Waals surface area contributed by atoms with Crippen LogP contribution < -0.4 is 0 Å². The first kappa shape index (κ1) is 13.3. The summed E-state index contributed by atoms with van der Waals surface area (Å²) in [6.07, 6.45) is 3.79. The number of hydrogen-bond acceptors (Lipinski definition) is 3. The zero-order chi connectivity index (χ0) is 14.3. The Morgan fingerprint density at radius 2 is 2.25 bits per heavy atom. The van der Waals surface area contributed by atoms with Crippen molar-refractivity contribution < 1.29 is 14.3 Å². The third kappa shape index (κ3) is 1.88.